The van der Waals surface area contributed by atoms with Crippen LogP contribution in [0.3, 0.4) is 0 Å². The lowest BCUT2D eigenvalue weighted by Gasteiger charge is -2.41. The van der Waals surface area contributed by atoms with Gasteiger partial charge in [-0.3, -0.25) is 28.8 Å². The zero-order valence-electron chi connectivity index (χ0n) is 41.9. The molecular weight excluding hydrogens is 889 g/mol. The number of aromatic nitrogens is 3. The normalized spacial score (nSPS) is 16.6. The van der Waals surface area contributed by atoms with E-state index in [1.807, 2.05) is 107 Å². The van der Waals surface area contributed by atoms with Crippen molar-refractivity contribution >= 4 is 35.1 Å². The van der Waals surface area contributed by atoms with Gasteiger partial charge in [-0.25, -0.2) is 0 Å². The fourth-order valence-electron chi connectivity index (χ4n) is 9.38. The number of hydrogen-bond donors (Lipinski definition) is 3. The molecule has 0 bridgehead atoms. The highest BCUT2D eigenvalue weighted by atomic mass is 16.6. The molecular formula is C55H73N6O9+. The average molecular weight is 962 g/mol. The van der Waals surface area contributed by atoms with Gasteiger partial charge in [-0.15, -0.1) is 0 Å². The fraction of sp³-hybridized carbons (Fsp3) is 0.527. The molecule has 0 radical (unpaired) electrons. The third kappa shape index (κ3) is 16.3. The Morgan fingerprint density at radius 3 is 2.01 bits per heavy atom. The smallest absolute Gasteiger partial charge is 0.308 e. The van der Waals surface area contributed by atoms with Crippen LogP contribution >= 0.6 is 0 Å². The summed E-state index contributed by atoms with van der Waals surface area (Å²) in [6, 6.07) is 23.1. The summed E-state index contributed by atoms with van der Waals surface area (Å²) in [5, 5.41) is 16.6. The van der Waals surface area contributed by atoms with E-state index >= 15 is 0 Å². The maximum absolute atomic E-state index is 14.7. The number of aromatic amines is 1. The van der Waals surface area contributed by atoms with E-state index in [1.54, 1.807) is 12.3 Å². The largest absolute Gasteiger partial charge is 0.483 e. The van der Waals surface area contributed by atoms with Gasteiger partial charge in [0.2, 0.25) is 11.8 Å². The third-order valence-corrected chi connectivity index (χ3v) is 13.5. The first kappa shape index (κ1) is 53.3. The van der Waals surface area contributed by atoms with Crippen LogP contribution in [-0.4, -0.2) is 100.0 Å². The number of rotatable bonds is 28. The first-order valence-electron chi connectivity index (χ1n) is 25.0. The molecule has 2 fully saturated rings. The molecule has 376 valence electrons. The Hall–Kier alpha value is -6.06. The van der Waals surface area contributed by atoms with Crippen molar-refractivity contribution in [2.75, 3.05) is 32.8 Å². The number of morpholine rings is 1. The van der Waals surface area contributed by atoms with E-state index in [9.17, 15) is 28.8 Å². The molecule has 2 amide bonds. The summed E-state index contributed by atoms with van der Waals surface area (Å²) in [7, 11) is 0. The zero-order chi connectivity index (χ0) is 50.3. The average Bonchev–Trinajstić information content (AvgIpc) is 3.85. The molecule has 3 N–H and O–H groups in total. The number of amides is 2. The number of ether oxygens (including phenoxy) is 3. The fourth-order valence-corrected chi connectivity index (χ4v) is 9.38. The number of esters is 1. The van der Waals surface area contributed by atoms with Crippen LogP contribution in [-0.2, 0) is 59.5 Å². The number of aryl methyl sites for hydroxylation is 1. The molecule has 1 saturated carbocycles. The van der Waals surface area contributed by atoms with E-state index in [2.05, 4.69) is 26.0 Å². The molecule has 70 heavy (non-hydrogen) atoms. The lowest BCUT2D eigenvalue weighted by Crippen LogP contribution is -2.57. The lowest BCUT2D eigenvalue weighted by molar-refractivity contribution is -0.940. The minimum atomic E-state index is -0.903. The number of nitrogens with one attached hydrogen (secondary N) is 3. The van der Waals surface area contributed by atoms with Crippen LogP contribution < -0.4 is 20.1 Å². The molecule has 3 aromatic carbocycles. The van der Waals surface area contributed by atoms with E-state index in [4.69, 9.17) is 14.2 Å². The van der Waals surface area contributed by atoms with Crippen molar-refractivity contribution in [3.8, 4) is 11.5 Å². The van der Waals surface area contributed by atoms with Crippen molar-refractivity contribution in [1.29, 1.82) is 0 Å². The van der Waals surface area contributed by atoms with Crippen molar-refractivity contribution in [3.63, 3.8) is 0 Å². The quantitative estimate of drug-likeness (QED) is 0.0298. The Labute approximate surface area is 412 Å². The third-order valence-electron chi connectivity index (χ3n) is 13.5. The number of carbonyl (C=O) groups excluding carboxylic acids is 6. The van der Waals surface area contributed by atoms with Crippen LogP contribution in [0.1, 0.15) is 109 Å². The van der Waals surface area contributed by atoms with Crippen molar-refractivity contribution in [1.82, 2.24) is 26.0 Å². The molecule has 6 rings (SSSR count). The number of hydrogen-bond acceptors (Lipinski definition) is 11. The molecule has 15 nitrogen and oxygen atoms in total. The van der Waals surface area contributed by atoms with E-state index in [0.717, 1.165) is 29.5 Å². The van der Waals surface area contributed by atoms with Crippen LogP contribution in [0.15, 0.2) is 85.1 Å². The number of nitrogens with zero attached hydrogens (tertiary/aromatic N) is 3. The molecule has 0 unspecified atom stereocenters. The number of benzene rings is 3. The van der Waals surface area contributed by atoms with E-state index in [-0.39, 0.29) is 79.2 Å². The second-order valence-corrected chi connectivity index (χ2v) is 20.7. The van der Waals surface area contributed by atoms with Crippen molar-refractivity contribution < 1.29 is 47.5 Å². The number of ketones is 3. The van der Waals surface area contributed by atoms with Crippen molar-refractivity contribution in [3.05, 3.63) is 107 Å². The zero-order valence-corrected chi connectivity index (χ0v) is 41.9. The minimum Gasteiger partial charge on any atom is -0.483 e. The van der Waals surface area contributed by atoms with E-state index in [1.165, 1.54) is 6.92 Å². The van der Waals surface area contributed by atoms with Gasteiger partial charge in [0.1, 0.15) is 38.5 Å². The number of H-pyrrole nitrogens is 1. The summed E-state index contributed by atoms with van der Waals surface area (Å²) in [4.78, 5) is 83.7. The monoisotopic (exact) mass is 962 g/mol. The summed E-state index contributed by atoms with van der Waals surface area (Å²) in [6.07, 6.45) is 5.01. The molecule has 1 aliphatic heterocycles. The predicted molar refractivity (Wildman–Crippen MR) is 264 cm³/mol. The van der Waals surface area contributed by atoms with Gasteiger partial charge in [0.15, 0.2) is 28.8 Å². The van der Waals surface area contributed by atoms with E-state index in [0.29, 0.717) is 74.5 Å². The molecule has 4 aromatic rings. The topological polar surface area (TPSA) is 196 Å². The SMILES string of the molecule is CC(=O)Oc1ccc(C[N+]2(CC(=O)C[C@@H](CCc3ccccc3)C(=O)N[C@@H](CC(C)C)C(=O)C[C@@H](Cc3ccccc3)C(=O)N[C@@H](CC(C)C)C(=O)C3(C)CC3)CCOCC2)cc1OCc1cn[nH]n1. The summed E-state index contributed by atoms with van der Waals surface area (Å²) in [5.41, 5.74) is 2.89. The maximum atomic E-state index is 14.7. The molecule has 1 aliphatic carbocycles. The number of Topliss-reactive ketones (excluding diaryl/α,β-unsaturated/α-hetero) is 3. The second kappa shape index (κ2) is 25.2. The highest BCUT2D eigenvalue weighted by molar-refractivity contribution is 5.97. The van der Waals surface area contributed by atoms with Gasteiger partial charge in [-0.1, -0.05) is 95.3 Å². The first-order chi connectivity index (χ1) is 33.5. The van der Waals surface area contributed by atoms with Gasteiger partial charge in [-0.2, -0.15) is 15.4 Å². The highest BCUT2D eigenvalue weighted by Crippen LogP contribution is 2.47. The van der Waals surface area contributed by atoms with Gasteiger partial charge in [0.25, 0.3) is 0 Å². The van der Waals surface area contributed by atoms with Crippen LogP contribution in [0.4, 0.5) is 0 Å². The maximum Gasteiger partial charge on any atom is 0.308 e. The van der Waals surface area contributed by atoms with Gasteiger partial charge in [-0.05, 0) is 86.1 Å². The molecule has 1 saturated heterocycles. The summed E-state index contributed by atoms with van der Waals surface area (Å²) >= 11 is 0. The van der Waals surface area contributed by atoms with Gasteiger partial charge < -0.3 is 29.3 Å². The number of quaternary nitrogens is 1. The Kier molecular flexibility index (Phi) is 19.2. The highest BCUT2D eigenvalue weighted by Gasteiger charge is 2.48. The standard InChI is InChI=1S/C55H72N6O9/c1-37(2)27-47(49(64)32-44(29-41-15-11-8-12-16-41)54(67)58-48(28-38(3)4)52(65)55(6)21-22-55)57-53(66)43(19-17-40-13-9-7-10-14-40)31-46(63)35-61(23-25-68-26-24-61)34-42-18-20-50(70-39(5)62)51(30-42)69-36-45-33-56-60-59-45/h7-16,18,20,30,33,37-38,43-44,47-48H,17,19,21-29,31-32,34-36H2,1-6H3,(H2-,56,57,58,59,60,66,67)/p+1/t43-,44-,47+,48+/m1/s1. The summed E-state index contributed by atoms with van der Waals surface area (Å²) < 4.78 is 17.7. The Morgan fingerprint density at radius 1 is 0.771 bits per heavy atom. The first-order valence-corrected chi connectivity index (χ1v) is 25.0. The summed E-state index contributed by atoms with van der Waals surface area (Å²) in [5.74, 6) is -2.29. The van der Waals surface area contributed by atoms with Crippen molar-refractivity contribution in [2.45, 2.75) is 125 Å². The minimum absolute atomic E-state index is 0.0226. The van der Waals surface area contributed by atoms with E-state index < -0.39 is 35.3 Å². The van der Waals surface area contributed by atoms with Gasteiger partial charge >= 0.3 is 5.97 Å². The van der Waals surface area contributed by atoms with Gasteiger partial charge in [0.05, 0.1) is 31.5 Å². The Bertz CT molecular complexity index is 2360. The van der Waals surface area contributed by atoms with Crippen LogP contribution in [0.25, 0.3) is 0 Å². The Balaban J connectivity index is 1.20. The summed E-state index contributed by atoms with van der Waals surface area (Å²) in [6.45, 7) is 14.0. The number of carbonyl (C=O) groups is 6. The molecule has 15 heteroatoms. The molecule has 4 atom stereocenters. The molecule has 1 aromatic heterocycles. The van der Waals surface area contributed by atoms with Gasteiger partial charge in [0, 0.05) is 42.6 Å². The second-order valence-electron chi connectivity index (χ2n) is 20.7. The molecule has 2 aliphatic rings. The van der Waals surface area contributed by atoms with Crippen LogP contribution in [0.5, 0.6) is 11.5 Å². The molecule has 2 heterocycles. The lowest BCUT2D eigenvalue weighted by atomic mass is 9.87. The van der Waals surface area contributed by atoms with Crippen LogP contribution in [0, 0.1) is 29.1 Å². The predicted octanol–water partition coefficient (Wildman–Crippen LogP) is 7.11. The Morgan fingerprint density at radius 2 is 1.40 bits per heavy atom. The van der Waals surface area contributed by atoms with Crippen molar-refractivity contribution in [2.24, 2.45) is 29.1 Å². The van der Waals surface area contributed by atoms with Crippen LogP contribution in [0.2, 0.25) is 0 Å². The molecule has 0 spiro atoms.